The van der Waals surface area contributed by atoms with Crippen molar-refractivity contribution in [3.05, 3.63) is 53.7 Å². The summed E-state index contributed by atoms with van der Waals surface area (Å²) in [5, 5.41) is 4.23. The van der Waals surface area contributed by atoms with Crippen molar-refractivity contribution in [2.24, 2.45) is 0 Å². The summed E-state index contributed by atoms with van der Waals surface area (Å²) in [6.45, 7) is 4.97. The number of piperazine rings is 1. The highest BCUT2D eigenvalue weighted by Crippen LogP contribution is 2.29. The summed E-state index contributed by atoms with van der Waals surface area (Å²) in [4.78, 5) is 14.4. The Morgan fingerprint density at radius 1 is 1.00 bits per heavy atom. The SMILES string of the molecule is c1coc(-c2nc(CN3CCN(c4nc5ccccc5s4)CC3)cs2)c1. The quantitative estimate of drug-likeness (QED) is 0.525. The summed E-state index contributed by atoms with van der Waals surface area (Å²) in [5.74, 6) is 0.849. The molecule has 0 spiro atoms. The van der Waals surface area contributed by atoms with Crippen LogP contribution in [0.15, 0.2) is 52.5 Å². The number of benzene rings is 1. The van der Waals surface area contributed by atoms with Gasteiger partial charge in [0.25, 0.3) is 0 Å². The Labute approximate surface area is 159 Å². The van der Waals surface area contributed by atoms with Gasteiger partial charge in [-0.3, -0.25) is 4.90 Å². The molecule has 1 aliphatic heterocycles. The molecule has 1 saturated heterocycles. The number of nitrogens with zero attached hydrogens (tertiary/aromatic N) is 4. The fourth-order valence-corrected chi connectivity index (χ4v) is 5.01. The first-order valence-electron chi connectivity index (χ1n) is 8.66. The van der Waals surface area contributed by atoms with Gasteiger partial charge in [0.2, 0.25) is 0 Å². The third kappa shape index (κ3) is 3.13. The lowest BCUT2D eigenvalue weighted by Gasteiger charge is -2.34. The summed E-state index contributed by atoms with van der Waals surface area (Å²) in [7, 11) is 0. The molecule has 0 unspecified atom stereocenters. The van der Waals surface area contributed by atoms with Crippen LogP contribution in [-0.2, 0) is 6.54 Å². The van der Waals surface area contributed by atoms with Gasteiger partial charge in [0.15, 0.2) is 15.9 Å². The molecular formula is C19H18N4OS2. The zero-order valence-electron chi connectivity index (χ0n) is 14.2. The van der Waals surface area contributed by atoms with Gasteiger partial charge in [0.1, 0.15) is 0 Å². The van der Waals surface area contributed by atoms with E-state index in [2.05, 4.69) is 39.4 Å². The molecule has 0 radical (unpaired) electrons. The van der Waals surface area contributed by atoms with Gasteiger partial charge in [-0.25, -0.2) is 9.97 Å². The lowest BCUT2D eigenvalue weighted by Crippen LogP contribution is -2.46. The highest BCUT2D eigenvalue weighted by molar-refractivity contribution is 7.22. The van der Waals surface area contributed by atoms with E-state index in [4.69, 9.17) is 14.4 Å². The van der Waals surface area contributed by atoms with E-state index in [1.165, 1.54) is 4.70 Å². The van der Waals surface area contributed by atoms with E-state index in [-0.39, 0.29) is 0 Å². The van der Waals surface area contributed by atoms with Crippen LogP contribution in [0.4, 0.5) is 5.13 Å². The van der Waals surface area contributed by atoms with E-state index < -0.39 is 0 Å². The van der Waals surface area contributed by atoms with E-state index in [9.17, 15) is 0 Å². The van der Waals surface area contributed by atoms with Gasteiger partial charge >= 0.3 is 0 Å². The lowest BCUT2D eigenvalue weighted by atomic mass is 10.3. The van der Waals surface area contributed by atoms with E-state index in [1.54, 1.807) is 28.9 Å². The molecule has 5 nitrogen and oxygen atoms in total. The van der Waals surface area contributed by atoms with Crippen LogP contribution >= 0.6 is 22.7 Å². The highest BCUT2D eigenvalue weighted by atomic mass is 32.1. The van der Waals surface area contributed by atoms with Gasteiger partial charge in [0.05, 0.1) is 22.2 Å². The molecule has 3 aromatic heterocycles. The van der Waals surface area contributed by atoms with Crippen LogP contribution in [-0.4, -0.2) is 41.0 Å². The van der Waals surface area contributed by atoms with Crippen molar-refractivity contribution in [1.82, 2.24) is 14.9 Å². The Hall–Kier alpha value is -2.22. The molecule has 5 rings (SSSR count). The summed E-state index contributed by atoms with van der Waals surface area (Å²) >= 11 is 3.43. The molecule has 1 aromatic carbocycles. The lowest BCUT2D eigenvalue weighted by molar-refractivity contribution is 0.247. The predicted octanol–water partition coefficient (Wildman–Crippen LogP) is 4.34. The molecule has 0 atom stereocenters. The van der Waals surface area contributed by atoms with Crippen molar-refractivity contribution in [2.45, 2.75) is 6.54 Å². The van der Waals surface area contributed by atoms with Crippen LogP contribution in [0.5, 0.6) is 0 Å². The molecular weight excluding hydrogens is 364 g/mol. The van der Waals surface area contributed by atoms with E-state index in [0.717, 1.165) is 59.8 Å². The second-order valence-corrected chi connectivity index (χ2v) is 8.22. The van der Waals surface area contributed by atoms with Crippen molar-refractivity contribution >= 4 is 38.0 Å². The second kappa shape index (κ2) is 6.83. The Balaban J connectivity index is 1.22. The van der Waals surface area contributed by atoms with Gasteiger partial charge in [-0.2, -0.15) is 0 Å². The predicted molar refractivity (Wildman–Crippen MR) is 107 cm³/mol. The van der Waals surface area contributed by atoms with Crippen LogP contribution < -0.4 is 4.90 Å². The standard InChI is InChI=1S/C19H18N4OS2/c1-2-6-17-15(4-1)21-19(26-17)23-9-7-22(8-10-23)12-14-13-25-18(20-14)16-5-3-11-24-16/h1-6,11,13H,7-10,12H2. The number of furan rings is 1. The first-order chi connectivity index (χ1) is 12.8. The Bertz CT molecular complexity index is 967. The van der Waals surface area contributed by atoms with Crippen LogP contribution in [0.3, 0.4) is 0 Å². The average molecular weight is 383 g/mol. The molecule has 1 aliphatic rings. The van der Waals surface area contributed by atoms with E-state index >= 15 is 0 Å². The largest absolute Gasteiger partial charge is 0.462 e. The number of anilines is 1. The third-order valence-electron chi connectivity index (χ3n) is 4.59. The Morgan fingerprint density at radius 2 is 1.88 bits per heavy atom. The topological polar surface area (TPSA) is 45.4 Å². The Morgan fingerprint density at radius 3 is 2.69 bits per heavy atom. The van der Waals surface area contributed by atoms with Gasteiger partial charge < -0.3 is 9.32 Å². The summed E-state index contributed by atoms with van der Waals surface area (Å²) in [6.07, 6.45) is 1.69. The zero-order chi connectivity index (χ0) is 17.3. The number of aromatic nitrogens is 2. The molecule has 7 heteroatoms. The molecule has 4 aromatic rings. The zero-order valence-corrected chi connectivity index (χ0v) is 15.8. The molecule has 0 saturated carbocycles. The van der Waals surface area contributed by atoms with Crippen molar-refractivity contribution < 1.29 is 4.42 Å². The fourth-order valence-electron chi connectivity index (χ4n) is 3.21. The van der Waals surface area contributed by atoms with Crippen LogP contribution in [0, 0.1) is 0 Å². The monoisotopic (exact) mass is 382 g/mol. The number of hydrogen-bond donors (Lipinski definition) is 0. The van der Waals surface area contributed by atoms with Crippen molar-refractivity contribution in [1.29, 1.82) is 0 Å². The third-order valence-corrected chi connectivity index (χ3v) is 6.60. The number of fused-ring (bicyclic) bond motifs is 1. The first kappa shape index (κ1) is 16.0. The van der Waals surface area contributed by atoms with Crippen molar-refractivity contribution in [3.63, 3.8) is 0 Å². The van der Waals surface area contributed by atoms with Gasteiger partial charge in [-0.1, -0.05) is 23.5 Å². The molecule has 132 valence electrons. The first-order valence-corrected chi connectivity index (χ1v) is 10.4. The van der Waals surface area contributed by atoms with E-state index in [0.29, 0.717) is 0 Å². The van der Waals surface area contributed by atoms with Crippen LogP contribution in [0.1, 0.15) is 5.69 Å². The Kier molecular flexibility index (Phi) is 4.20. The van der Waals surface area contributed by atoms with Gasteiger partial charge in [0, 0.05) is 38.1 Å². The maximum Gasteiger partial charge on any atom is 0.186 e. The number of rotatable bonds is 4. The summed E-state index contributed by atoms with van der Waals surface area (Å²) < 4.78 is 6.69. The maximum atomic E-state index is 5.43. The van der Waals surface area contributed by atoms with Crippen molar-refractivity contribution in [2.75, 3.05) is 31.1 Å². The number of thiazole rings is 2. The molecule has 1 fully saturated rings. The minimum atomic E-state index is 0.849. The fraction of sp³-hybridized carbons (Fsp3) is 0.263. The second-order valence-electron chi connectivity index (χ2n) is 6.35. The van der Waals surface area contributed by atoms with Gasteiger partial charge in [-0.15, -0.1) is 11.3 Å². The number of hydrogen-bond acceptors (Lipinski definition) is 7. The molecule has 4 heterocycles. The smallest absolute Gasteiger partial charge is 0.186 e. The van der Waals surface area contributed by atoms with Crippen LogP contribution in [0.2, 0.25) is 0 Å². The van der Waals surface area contributed by atoms with E-state index in [1.807, 2.05) is 12.1 Å². The van der Waals surface area contributed by atoms with Crippen LogP contribution in [0.25, 0.3) is 21.0 Å². The highest BCUT2D eigenvalue weighted by Gasteiger charge is 2.20. The molecule has 0 aliphatic carbocycles. The minimum Gasteiger partial charge on any atom is -0.462 e. The van der Waals surface area contributed by atoms with Gasteiger partial charge in [-0.05, 0) is 24.3 Å². The molecule has 26 heavy (non-hydrogen) atoms. The maximum absolute atomic E-state index is 5.43. The normalized spacial score (nSPS) is 15.8. The molecule has 0 bridgehead atoms. The average Bonchev–Trinajstić information content (AvgIpc) is 3.42. The number of para-hydroxylation sites is 1. The molecule has 0 N–H and O–H groups in total. The van der Waals surface area contributed by atoms with Crippen molar-refractivity contribution in [3.8, 4) is 10.8 Å². The minimum absolute atomic E-state index is 0.849. The summed E-state index contributed by atoms with van der Waals surface area (Å²) in [6, 6.07) is 12.2. The molecule has 0 amide bonds. The summed E-state index contributed by atoms with van der Waals surface area (Å²) in [5.41, 5.74) is 2.22.